The minimum Gasteiger partial charge on any atom is -0.496 e. The summed E-state index contributed by atoms with van der Waals surface area (Å²) in [7, 11) is 1.73. The number of rotatable bonds is 6. The number of ether oxygens (including phenoxy) is 1. The molecule has 2 aromatic carbocycles. The Labute approximate surface area is 181 Å². The summed E-state index contributed by atoms with van der Waals surface area (Å²) in [6.07, 6.45) is 4.76. The molecule has 1 unspecified atom stereocenters. The Hall–Kier alpha value is -3.61. The second kappa shape index (κ2) is 8.26. The molecule has 2 N–H and O–H groups in total. The third-order valence-electron chi connectivity index (χ3n) is 5.91. The molecule has 5 rings (SSSR count). The number of para-hydroxylation sites is 1. The van der Waals surface area contributed by atoms with E-state index in [-0.39, 0.29) is 0 Å². The fourth-order valence-corrected chi connectivity index (χ4v) is 4.26. The van der Waals surface area contributed by atoms with Crippen LogP contribution in [0.1, 0.15) is 29.0 Å². The van der Waals surface area contributed by atoms with Gasteiger partial charge in [-0.1, -0.05) is 24.3 Å². The van der Waals surface area contributed by atoms with Gasteiger partial charge < -0.3 is 15.0 Å². The number of benzene rings is 2. The predicted octanol–water partition coefficient (Wildman–Crippen LogP) is 4.28. The Morgan fingerprint density at radius 2 is 2.10 bits per heavy atom. The minimum atomic E-state index is 0.398. The molecule has 7 nitrogen and oxygen atoms in total. The lowest BCUT2D eigenvalue weighted by atomic mass is 9.97. The summed E-state index contributed by atoms with van der Waals surface area (Å²) in [5.74, 6) is 2.97. The van der Waals surface area contributed by atoms with Crippen molar-refractivity contribution in [3.63, 3.8) is 0 Å². The standard InChI is InChI=1S/C24H26N6O/c1-16-7-8-20-21(11-16)28-24(29-23(20)25-12-17-13-26-27-14-17)30-10-9-18(15-30)19-5-3-4-6-22(19)31-2/h3-8,11,13-14,18H,9-10,12,15H2,1-2H3,(H,26,27)(H,25,28,29). The number of H-pyrrole nitrogens is 1. The van der Waals surface area contributed by atoms with Gasteiger partial charge in [0.25, 0.3) is 0 Å². The average molecular weight is 415 g/mol. The van der Waals surface area contributed by atoms with Crippen molar-refractivity contribution < 1.29 is 4.74 Å². The van der Waals surface area contributed by atoms with Crippen LogP contribution < -0.4 is 15.0 Å². The number of aromatic nitrogens is 4. The second-order valence-electron chi connectivity index (χ2n) is 8.03. The number of fused-ring (bicyclic) bond motifs is 1. The van der Waals surface area contributed by atoms with Gasteiger partial charge in [0.2, 0.25) is 5.95 Å². The molecule has 31 heavy (non-hydrogen) atoms. The number of methoxy groups -OCH3 is 1. The van der Waals surface area contributed by atoms with E-state index in [2.05, 4.69) is 57.7 Å². The molecule has 0 radical (unpaired) electrons. The van der Waals surface area contributed by atoms with E-state index in [4.69, 9.17) is 14.7 Å². The second-order valence-corrected chi connectivity index (χ2v) is 8.03. The Morgan fingerprint density at radius 1 is 1.19 bits per heavy atom. The maximum atomic E-state index is 5.59. The van der Waals surface area contributed by atoms with E-state index in [0.717, 1.165) is 53.5 Å². The monoisotopic (exact) mass is 414 g/mol. The topological polar surface area (TPSA) is 79.0 Å². The van der Waals surface area contributed by atoms with Gasteiger partial charge in [0.15, 0.2) is 0 Å². The van der Waals surface area contributed by atoms with Crippen LogP contribution in [0, 0.1) is 6.92 Å². The van der Waals surface area contributed by atoms with Gasteiger partial charge in [-0.3, -0.25) is 5.10 Å². The van der Waals surface area contributed by atoms with Gasteiger partial charge in [-0.15, -0.1) is 0 Å². The van der Waals surface area contributed by atoms with Gasteiger partial charge >= 0.3 is 0 Å². The van der Waals surface area contributed by atoms with E-state index in [9.17, 15) is 0 Å². The van der Waals surface area contributed by atoms with E-state index in [1.807, 2.05) is 24.5 Å². The number of aryl methyl sites for hydroxylation is 1. The first-order chi connectivity index (χ1) is 15.2. The highest BCUT2D eigenvalue weighted by molar-refractivity contribution is 5.90. The molecule has 0 spiro atoms. The van der Waals surface area contributed by atoms with Gasteiger partial charge in [-0.2, -0.15) is 10.1 Å². The lowest BCUT2D eigenvalue weighted by Crippen LogP contribution is -2.22. The average Bonchev–Trinajstić information content (AvgIpc) is 3.49. The van der Waals surface area contributed by atoms with Crippen molar-refractivity contribution in [2.24, 2.45) is 0 Å². The number of nitrogens with one attached hydrogen (secondary N) is 2. The highest BCUT2D eigenvalue weighted by Crippen LogP contribution is 2.35. The van der Waals surface area contributed by atoms with E-state index < -0.39 is 0 Å². The summed E-state index contributed by atoms with van der Waals surface area (Å²) in [4.78, 5) is 12.1. The van der Waals surface area contributed by atoms with Crippen molar-refractivity contribution >= 4 is 22.7 Å². The summed E-state index contributed by atoms with van der Waals surface area (Å²) in [6, 6.07) is 14.6. The Kier molecular flexibility index (Phi) is 5.16. The molecule has 0 bridgehead atoms. The number of nitrogens with zero attached hydrogens (tertiary/aromatic N) is 4. The molecule has 1 fully saturated rings. The zero-order chi connectivity index (χ0) is 21.2. The highest BCUT2D eigenvalue weighted by atomic mass is 16.5. The third-order valence-corrected chi connectivity index (χ3v) is 5.91. The van der Waals surface area contributed by atoms with Crippen LogP contribution in [-0.2, 0) is 6.54 Å². The third kappa shape index (κ3) is 3.91. The molecule has 0 saturated carbocycles. The number of hydrogen-bond donors (Lipinski definition) is 2. The highest BCUT2D eigenvalue weighted by Gasteiger charge is 2.28. The first kappa shape index (κ1) is 19.4. The van der Waals surface area contributed by atoms with Crippen molar-refractivity contribution in [2.45, 2.75) is 25.8 Å². The molecule has 2 aromatic heterocycles. The molecule has 7 heteroatoms. The molecular weight excluding hydrogens is 388 g/mol. The molecule has 3 heterocycles. The van der Waals surface area contributed by atoms with Crippen molar-refractivity contribution in [3.05, 3.63) is 71.5 Å². The molecule has 0 aliphatic carbocycles. The smallest absolute Gasteiger partial charge is 0.227 e. The number of aromatic amines is 1. The maximum Gasteiger partial charge on any atom is 0.227 e. The van der Waals surface area contributed by atoms with Gasteiger partial charge in [0.1, 0.15) is 11.6 Å². The molecule has 0 amide bonds. The molecular formula is C24H26N6O. The fraction of sp³-hybridized carbons (Fsp3) is 0.292. The molecule has 4 aromatic rings. The number of anilines is 2. The van der Waals surface area contributed by atoms with Crippen LogP contribution in [-0.4, -0.2) is 40.4 Å². The lowest BCUT2D eigenvalue weighted by Gasteiger charge is -2.19. The predicted molar refractivity (Wildman–Crippen MR) is 123 cm³/mol. The first-order valence-electron chi connectivity index (χ1n) is 10.6. The molecule has 1 saturated heterocycles. The van der Waals surface area contributed by atoms with Crippen LogP contribution in [0.25, 0.3) is 10.9 Å². The van der Waals surface area contributed by atoms with E-state index in [1.165, 1.54) is 11.1 Å². The van der Waals surface area contributed by atoms with Crippen LogP contribution >= 0.6 is 0 Å². The molecule has 1 aliphatic rings. The largest absolute Gasteiger partial charge is 0.496 e. The summed E-state index contributed by atoms with van der Waals surface area (Å²) >= 11 is 0. The van der Waals surface area contributed by atoms with Crippen molar-refractivity contribution in [2.75, 3.05) is 30.4 Å². The Balaban J connectivity index is 1.45. The zero-order valence-electron chi connectivity index (χ0n) is 17.8. The van der Waals surface area contributed by atoms with Crippen LogP contribution in [0.4, 0.5) is 11.8 Å². The Bertz CT molecular complexity index is 1190. The van der Waals surface area contributed by atoms with Crippen LogP contribution in [0.5, 0.6) is 5.75 Å². The van der Waals surface area contributed by atoms with Crippen LogP contribution in [0.3, 0.4) is 0 Å². The zero-order valence-corrected chi connectivity index (χ0v) is 17.8. The van der Waals surface area contributed by atoms with Gasteiger partial charge in [-0.25, -0.2) is 4.98 Å². The first-order valence-corrected chi connectivity index (χ1v) is 10.6. The summed E-state index contributed by atoms with van der Waals surface area (Å²) in [5.41, 5.74) is 4.48. The van der Waals surface area contributed by atoms with E-state index in [0.29, 0.717) is 12.5 Å². The minimum absolute atomic E-state index is 0.398. The van der Waals surface area contributed by atoms with Crippen molar-refractivity contribution in [1.29, 1.82) is 0 Å². The summed E-state index contributed by atoms with van der Waals surface area (Å²) in [5, 5.41) is 11.4. The quantitative estimate of drug-likeness (QED) is 0.490. The number of hydrogen-bond acceptors (Lipinski definition) is 6. The van der Waals surface area contributed by atoms with E-state index >= 15 is 0 Å². The molecule has 1 aliphatic heterocycles. The molecule has 1 atom stereocenters. The van der Waals surface area contributed by atoms with Crippen molar-refractivity contribution in [3.8, 4) is 5.75 Å². The maximum absolute atomic E-state index is 5.59. The normalized spacial score (nSPS) is 16.1. The van der Waals surface area contributed by atoms with Crippen molar-refractivity contribution in [1.82, 2.24) is 20.2 Å². The van der Waals surface area contributed by atoms with Gasteiger partial charge in [0, 0.05) is 42.7 Å². The fourth-order valence-electron chi connectivity index (χ4n) is 4.26. The summed E-state index contributed by atoms with van der Waals surface area (Å²) < 4.78 is 5.59. The lowest BCUT2D eigenvalue weighted by molar-refractivity contribution is 0.406. The van der Waals surface area contributed by atoms with Gasteiger partial charge in [-0.05, 0) is 42.7 Å². The van der Waals surface area contributed by atoms with Crippen LogP contribution in [0.2, 0.25) is 0 Å². The van der Waals surface area contributed by atoms with E-state index in [1.54, 1.807) is 7.11 Å². The summed E-state index contributed by atoms with van der Waals surface area (Å²) in [6.45, 7) is 4.53. The molecule has 158 valence electrons. The SMILES string of the molecule is COc1ccccc1C1CCN(c2nc(NCc3cn[nH]c3)c3ccc(C)cc3n2)C1. The van der Waals surface area contributed by atoms with Crippen LogP contribution in [0.15, 0.2) is 54.9 Å². The van der Waals surface area contributed by atoms with Gasteiger partial charge in [0.05, 0.1) is 18.8 Å². The Morgan fingerprint density at radius 3 is 2.94 bits per heavy atom.